The highest BCUT2D eigenvalue weighted by Crippen LogP contribution is 2.20. The largest absolute Gasteiger partial charge is 0.287 e. The van der Waals surface area contributed by atoms with Crippen molar-refractivity contribution in [1.82, 2.24) is 0 Å². The lowest BCUT2D eigenvalue weighted by atomic mass is 11.8. The Balaban J connectivity index is 2.54. The first-order valence-electron chi connectivity index (χ1n) is 0.990. The van der Waals surface area contributed by atoms with Gasteiger partial charge in [0.2, 0.25) is 0 Å². The SMILES string of the molecule is CS[C](F)Cl. The zero-order chi connectivity index (χ0) is 4.28. The van der Waals surface area contributed by atoms with Crippen molar-refractivity contribution in [3.63, 3.8) is 0 Å². The van der Waals surface area contributed by atoms with Gasteiger partial charge >= 0.3 is 0 Å². The van der Waals surface area contributed by atoms with Crippen molar-refractivity contribution < 1.29 is 4.39 Å². The highest BCUT2D eigenvalue weighted by atomic mass is 35.5. The van der Waals surface area contributed by atoms with E-state index in [4.69, 9.17) is 0 Å². The average molecular weight is 114 g/mol. The molecule has 0 unspecified atom stereocenters. The first kappa shape index (κ1) is 5.57. The molecule has 0 fully saturated rings. The first-order chi connectivity index (χ1) is 2.27. The summed E-state index contributed by atoms with van der Waals surface area (Å²) < 4.78 is 11.1. The molecule has 0 aliphatic carbocycles. The van der Waals surface area contributed by atoms with Gasteiger partial charge in [-0.25, -0.2) is 4.39 Å². The molecule has 0 atom stereocenters. The van der Waals surface area contributed by atoms with E-state index in [1.165, 1.54) is 0 Å². The van der Waals surface area contributed by atoms with Gasteiger partial charge < -0.3 is 0 Å². The summed E-state index contributed by atoms with van der Waals surface area (Å²) in [5.74, 6) is 0. The topological polar surface area (TPSA) is 0 Å². The molecule has 0 nitrogen and oxygen atoms in total. The van der Waals surface area contributed by atoms with E-state index in [0.29, 0.717) is 0 Å². The molecule has 0 saturated carbocycles. The maximum atomic E-state index is 11.1. The van der Waals surface area contributed by atoms with Gasteiger partial charge in [-0.2, -0.15) is 0 Å². The highest BCUT2D eigenvalue weighted by Gasteiger charge is 1.92. The van der Waals surface area contributed by atoms with Crippen LogP contribution < -0.4 is 0 Å². The third kappa shape index (κ3) is 4.57. The Morgan fingerprint density at radius 3 is 2.20 bits per heavy atom. The summed E-state index contributed by atoms with van der Waals surface area (Å²) in [6, 6.07) is 0. The number of hydrogen-bond acceptors (Lipinski definition) is 1. The van der Waals surface area contributed by atoms with Crippen LogP contribution in [0.25, 0.3) is 0 Å². The number of halogens is 2. The minimum absolute atomic E-state index is 0.606. The molecule has 31 valence electrons. The number of hydrogen-bond donors (Lipinski definition) is 0. The van der Waals surface area contributed by atoms with Crippen LogP contribution in [0.3, 0.4) is 0 Å². The minimum Gasteiger partial charge on any atom is -0.208 e. The molecule has 0 bridgehead atoms. The molecular formula is C2H3ClFS. The Hall–Kier alpha value is 0.570. The van der Waals surface area contributed by atoms with Gasteiger partial charge in [0.1, 0.15) is 0 Å². The van der Waals surface area contributed by atoms with Crippen LogP contribution in [0, 0.1) is 4.96 Å². The van der Waals surface area contributed by atoms with Crippen molar-refractivity contribution in [3.05, 3.63) is 4.96 Å². The molecule has 1 radical (unpaired) electrons. The lowest BCUT2D eigenvalue weighted by Gasteiger charge is -1.80. The van der Waals surface area contributed by atoms with Crippen molar-refractivity contribution in [1.29, 1.82) is 0 Å². The van der Waals surface area contributed by atoms with Crippen LogP contribution in [-0.4, -0.2) is 6.26 Å². The van der Waals surface area contributed by atoms with Crippen LogP contribution >= 0.6 is 23.4 Å². The van der Waals surface area contributed by atoms with E-state index in [9.17, 15) is 4.39 Å². The fourth-order valence-corrected chi connectivity index (χ4v) is 0. The predicted octanol–water partition coefficient (Wildman–Crippen LogP) is 2.00. The Labute approximate surface area is 39.7 Å². The van der Waals surface area contributed by atoms with Crippen LogP contribution in [0.5, 0.6) is 0 Å². The van der Waals surface area contributed by atoms with Crippen molar-refractivity contribution >= 4 is 23.4 Å². The van der Waals surface area contributed by atoms with Crippen molar-refractivity contribution in [2.24, 2.45) is 0 Å². The molecule has 0 saturated heterocycles. The minimum atomic E-state index is -0.606. The number of thioether (sulfide) groups is 1. The summed E-state index contributed by atoms with van der Waals surface area (Å²) in [5.41, 5.74) is 0. The van der Waals surface area contributed by atoms with Crippen molar-refractivity contribution in [2.45, 2.75) is 0 Å². The monoisotopic (exact) mass is 113 g/mol. The van der Waals surface area contributed by atoms with E-state index in [2.05, 4.69) is 11.6 Å². The molecule has 0 heterocycles. The second kappa shape index (κ2) is 2.79. The molecule has 0 rings (SSSR count). The van der Waals surface area contributed by atoms with Crippen molar-refractivity contribution in [2.75, 3.05) is 6.26 Å². The Morgan fingerprint density at radius 2 is 2.20 bits per heavy atom. The lowest BCUT2D eigenvalue weighted by molar-refractivity contribution is 0.661. The summed E-state index contributed by atoms with van der Waals surface area (Å²) >= 11 is 5.57. The second-order valence-electron chi connectivity index (χ2n) is 0.430. The van der Waals surface area contributed by atoms with E-state index < -0.39 is 4.96 Å². The Morgan fingerprint density at radius 1 is 2.00 bits per heavy atom. The van der Waals surface area contributed by atoms with E-state index in [1.54, 1.807) is 6.26 Å². The van der Waals surface area contributed by atoms with Crippen molar-refractivity contribution in [3.8, 4) is 0 Å². The first-order valence-corrected chi connectivity index (χ1v) is 2.59. The molecule has 0 aliphatic rings. The van der Waals surface area contributed by atoms with Gasteiger partial charge in [0.05, 0.1) is 0 Å². The van der Waals surface area contributed by atoms with Gasteiger partial charge in [0, 0.05) is 0 Å². The lowest BCUT2D eigenvalue weighted by Crippen LogP contribution is -1.55. The summed E-state index contributed by atoms with van der Waals surface area (Å²) in [6.45, 7) is 0. The van der Waals surface area contributed by atoms with Gasteiger partial charge in [0.15, 0.2) is 0 Å². The third-order valence-corrected chi connectivity index (χ3v) is 0.926. The normalized spacial score (nSPS) is 9.60. The molecule has 0 N–H and O–H groups in total. The van der Waals surface area contributed by atoms with Crippen LogP contribution in [0.1, 0.15) is 0 Å². The molecule has 0 aliphatic heterocycles. The molecule has 0 aromatic rings. The summed E-state index contributed by atoms with van der Waals surface area (Å²) in [7, 11) is 0. The van der Waals surface area contributed by atoms with E-state index in [-0.39, 0.29) is 0 Å². The van der Waals surface area contributed by atoms with E-state index in [0.717, 1.165) is 11.8 Å². The average Bonchev–Trinajstić information content (AvgIpc) is 1.38. The fraction of sp³-hybridized carbons (Fsp3) is 0.500. The van der Waals surface area contributed by atoms with Crippen LogP contribution in [0.15, 0.2) is 0 Å². The molecule has 0 spiro atoms. The maximum Gasteiger partial charge on any atom is 0.287 e. The maximum absolute atomic E-state index is 11.1. The smallest absolute Gasteiger partial charge is 0.208 e. The molecular weight excluding hydrogens is 111 g/mol. The Bertz CT molecular complexity index is 23.6. The van der Waals surface area contributed by atoms with Gasteiger partial charge in [-0.15, -0.1) is 11.8 Å². The van der Waals surface area contributed by atoms with Gasteiger partial charge in [-0.3, -0.25) is 0 Å². The van der Waals surface area contributed by atoms with Gasteiger partial charge in [0.25, 0.3) is 4.96 Å². The second-order valence-corrected chi connectivity index (χ2v) is 1.75. The van der Waals surface area contributed by atoms with Gasteiger partial charge in [-0.05, 0) is 6.26 Å². The van der Waals surface area contributed by atoms with Crippen LogP contribution in [-0.2, 0) is 0 Å². The number of rotatable bonds is 1. The fourth-order valence-electron chi connectivity index (χ4n) is 0. The zero-order valence-corrected chi connectivity index (χ0v) is 4.24. The molecule has 5 heavy (non-hydrogen) atoms. The summed E-state index contributed by atoms with van der Waals surface area (Å²) in [5, 5.41) is 0. The third-order valence-electron chi connectivity index (χ3n) is 0.154. The molecule has 3 heteroatoms. The molecule has 0 aromatic heterocycles. The van der Waals surface area contributed by atoms with Gasteiger partial charge in [-0.1, -0.05) is 11.6 Å². The zero-order valence-electron chi connectivity index (χ0n) is 2.66. The Kier molecular flexibility index (Phi) is 3.11. The van der Waals surface area contributed by atoms with Crippen LogP contribution in [0.2, 0.25) is 0 Å². The molecule has 0 aromatic carbocycles. The summed E-state index contributed by atoms with van der Waals surface area (Å²) in [6.07, 6.45) is 1.57. The summed E-state index contributed by atoms with van der Waals surface area (Å²) in [4.78, 5) is -0.606. The van der Waals surface area contributed by atoms with E-state index >= 15 is 0 Å². The molecule has 0 amide bonds. The van der Waals surface area contributed by atoms with Crippen LogP contribution in [0.4, 0.5) is 4.39 Å². The predicted molar refractivity (Wildman–Crippen MR) is 23.7 cm³/mol. The highest BCUT2D eigenvalue weighted by molar-refractivity contribution is 8.02. The standard InChI is InChI=1S/C2H3ClFS/c1-5-2(3)4/h1H3. The van der Waals surface area contributed by atoms with E-state index in [1.807, 2.05) is 0 Å². The quantitative estimate of drug-likeness (QED) is 0.501.